The summed E-state index contributed by atoms with van der Waals surface area (Å²) >= 11 is 1.55. The summed E-state index contributed by atoms with van der Waals surface area (Å²) in [4.78, 5) is 19.4. The number of thiophene rings is 1. The fourth-order valence-electron chi connectivity index (χ4n) is 2.86. The number of aromatic nitrogens is 2. The monoisotopic (exact) mass is 285 g/mol. The summed E-state index contributed by atoms with van der Waals surface area (Å²) in [6.07, 6.45) is 4.16. The molecule has 5 heteroatoms. The van der Waals surface area contributed by atoms with Crippen molar-refractivity contribution in [1.29, 1.82) is 0 Å². The van der Waals surface area contributed by atoms with Crippen molar-refractivity contribution in [3.63, 3.8) is 0 Å². The number of likely N-dealkylation sites (tertiary alicyclic amines) is 1. The molecule has 0 amide bonds. The standard InChI is InChI=1S/C15H15N3OS/c19-15-14-13(11-5-1-2-6-12(11)20-14)16-9-18(15)10-17-7-3-4-8-17/h1-2,5-6,9H,3-4,7-8,10H2. The largest absolute Gasteiger partial charge is 0.286 e. The van der Waals surface area contributed by atoms with Gasteiger partial charge in [-0.25, -0.2) is 4.98 Å². The molecule has 0 unspecified atom stereocenters. The van der Waals surface area contributed by atoms with E-state index in [0.29, 0.717) is 6.67 Å². The molecule has 3 heterocycles. The van der Waals surface area contributed by atoms with Gasteiger partial charge in [0.15, 0.2) is 0 Å². The van der Waals surface area contributed by atoms with Crippen molar-refractivity contribution >= 4 is 31.6 Å². The topological polar surface area (TPSA) is 38.1 Å². The first kappa shape index (κ1) is 12.1. The third-order valence-electron chi connectivity index (χ3n) is 3.90. The highest BCUT2D eigenvalue weighted by atomic mass is 32.1. The number of fused-ring (bicyclic) bond motifs is 3. The zero-order chi connectivity index (χ0) is 13.5. The van der Waals surface area contributed by atoms with Gasteiger partial charge in [-0.15, -0.1) is 11.3 Å². The normalized spacial score (nSPS) is 16.4. The molecule has 4 nitrogen and oxygen atoms in total. The number of hydrogen-bond acceptors (Lipinski definition) is 4. The van der Waals surface area contributed by atoms with Crippen LogP contribution in [-0.4, -0.2) is 27.5 Å². The molecule has 0 saturated carbocycles. The van der Waals surface area contributed by atoms with Crippen LogP contribution in [0.1, 0.15) is 12.8 Å². The summed E-state index contributed by atoms with van der Waals surface area (Å²) in [6, 6.07) is 8.07. The zero-order valence-corrected chi connectivity index (χ0v) is 11.9. The molecule has 1 aliphatic heterocycles. The van der Waals surface area contributed by atoms with E-state index in [-0.39, 0.29) is 5.56 Å². The van der Waals surface area contributed by atoms with Crippen LogP contribution in [0.4, 0.5) is 0 Å². The van der Waals surface area contributed by atoms with E-state index in [0.717, 1.165) is 33.4 Å². The van der Waals surface area contributed by atoms with Gasteiger partial charge >= 0.3 is 0 Å². The number of nitrogens with zero attached hydrogens (tertiary/aromatic N) is 3. The zero-order valence-electron chi connectivity index (χ0n) is 11.1. The molecule has 102 valence electrons. The van der Waals surface area contributed by atoms with E-state index in [1.807, 2.05) is 24.3 Å². The molecular formula is C15H15N3OS. The highest BCUT2D eigenvalue weighted by Gasteiger charge is 2.15. The van der Waals surface area contributed by atoms with E-state index in [2.05, 4.69) is 9.88 Å². The molecule has 2 aromatic heterocycles. The van der Waals surface area contributed by atoms with Crippen molar-refractivity contribution < 1.29 is 0 Å². The summed E-state index contributed by atoms with van der Waals surface area (Å²) < 4.78 is 3.64. The minimum Gasteiger partial charge on any atom is -0.286 e. The van der Waals surface area contributed by atoms with E-state index < -0.39 is 0 Å². The Labute approximate surface area is 120 Å². The second-order valence-corrected chi connectivity index (χ2v) is 6.31. The van der Waals surface area contributed by atoms with Gasteiger partial charge in [-0.2, -0.15) is 0 Å². The van der Waals surface area contributed by atoms with Gasteiger partial charge in [0.2, 0.25) is 0 Å². The van der Waals surface area contributed by atoms with Gasteiger partial charge in [-0.3, -0.25) is 14.3 Å². The van der Waals surface area contributed by atoms with Gasteiger partial charge in [0, 0.05) is 10.1 Å². The first-order valence-corrected chi connectivity index (χ1v) is 7.73. The van der Waals surface area contributed by atoms with Crippen molar-refractivity contribution in [2.24, 2.45) is 0 Å². The van der Waals surface area contributed by atoms with Crippen LogP contribution >= 0.6 is 11.3 Å². The van der Waals surface area contributed by atoms with Crippen LogP contribution in [0.2, 0.25) is 0 Å². The Balaban J connectivity index is 1.85. The maximum Gasteiger partial charge on any atom is 0.272 e. The fourth-order valence-corrected chi connectivity index (χ4v) is 3.96. The molecule has 20 heavy (non-hydrogen) atoms. The van der Waals surface area contributed by atoms with Gasteiger partial charge in [0.05, 0.1) is 18.5 Å². The van der Waals surface area contributed by atoms with Crippen molar-refractivity contribution in [2.45, 2.75) is 19.5 Å². The van der Waals surface area contributed by atoms with Crippen molar-refractivity contribution in [1.82, 2.24) is 14.5 Å². The minimum absolute atomic E-state index is 0.0862. The number of benzene rings is 1. The van der Waals surface area contributed by atoms with Crippen LogP contribution in [0, 0.1) is 0 Å². The molecule has 1 fully saturated rings. The third kappa shape index (κ3) is 1.85. The smallest absolute Gasteiger partial charge is 0.272 e. The van der Waals surface area contributed by atoms with Crippen LogP contribution < -0.4 is 5.56 Å². The van der Waals surface area contributed by atoms with Gasteiger partial charge in [-0.1, -0.05) is 18.2 Å². The summed E-state index contributed by atoms with van der Waals surface area (Å²) in [5, 5.41) is 1.08. The predicted octanol–water partition coefficient (Wildman–Crippen LogP) is 2.66. The number of hydrogen-bond donors (Lipinski definition) is 0. The second kappa shape index (κ2) is 4.68. The Morgan fingerprint density at radius 3 is 2.85 bits per heavy atom. The summed E-state index contributed by atoms with van der Waals surface area (Å²) in [7, 11) is 0. The molecule has 3 aromatic rings. The summed E-state index contributed by atoms with van der Waals surface area (Å²) in [5.41, 5.74) is 0.927. The van der Waals surface area contributed by atoms with Crippen LogP contribution in [0.3, 0.4) is 0 Å². The minimum atomic E-state index is 0.0862. The van der Waals surface area contributed by atoms with E-state index in [1.165, 1.54) is 12.8 Å². The lowest BCUT2D eigenvalue weighted by atomic mass is 10.2. The Morgan fingerprint density at radius 1 is 1.20 bits per heavy atom. The molecule has 0 spiro atoms. The summed E-state index contributed by atoms with van der Waals surface area (Å²) in [5.74, 6) is 0. The molecule has 0 aliphatic carbocycles. The van der Waals surface area contributed by atoms with Crippen molar-refractivity contribution in [3.8, 4) is 0 Å². The van der Waals surface area contributed by atoms with E-state index in [4.69, 9.17) is 0 Å². The average molecular weight is 285 g/mol. The lowest BCUT2D eigenvalue weighted by Gasteiger charge is -2.15. The lowest BCUT2D eigenvalue weighted by Crippen LogP contribution is -2.30. The molecule has 1 aromatic carbocycles. The molecule has 1 aliphatic rings. The molecule has 4 rings (SSSR count). The quantitative estimate of drug-likeness (QED) is 0.726. The van der Waals surface area contributed by atoms with E-state index >= 15 is 0 Å². The molecule has 0 bridgehead atoms. The van der Waals surface area contributed by atoms with Gasteiger partial charge < -0.3 is 0 Å². The van der Waals surface area contributed by atoms with Gasteiger partial charge in [0.25, 0.3) is 5.56 Å². The maximum atomic E-state index is 12.6. The van der Waals surface area contributed by atoms with Crippen LogP contribution in [0.5, 0.6) is 0 Å². The second-order valence-electron chi connectivity index (χ2n) is 5.26. The highest BCUT2D eigenvalue weighted by Crippen LogP contribution is 2.29. The van der Waals surface area contributed by atoms with Gasteiger partial charge in [0.1, 0.15) is 4.70 Å². The summed E-state index contributed by atoms with van der Waals surface area (Å²) in [6.45, 7) is 2.82. The average Bonchev–Trinajstić information content (AvgIpc) is 3.09. The number of rotatable bonds is 2. The highest BCUT2D eigenvalue weighted by molar-refractivity contribution is 7.25. The van der Waals surface area contributed by atoms with Crippen LogP contribution in [0.25, 0.3) is 20.3 Å². The first-order valence-electron chi connectivity index (χ1n) is 6.92. The Bertz CT molecular complexity index is 830. The maximum absolute atomic E-state index is 12.6. The van der Waals surface area contributed by atoms with Crippen LogP contribution in [0.15, 0.2) is 35.4 Å². The Hall–Kier alpha value is -1.72. The molecule has 0 N–H and O–H groups in total. The van der Waals surface area contributed by atoms with Gasteiger partial charge in [-0.05, 0) is 32.0 Å². The predicted molar refractivity (Wildman–Crippen MR) is 82.2 cm³/mol. The van der Waals surface area contributed by atoms with Crippen molar-refractivity contribution in [3.05, 3.63) is 40.9 Å². The van der Waals surface area contributed by atoms with E-state index in [1.54, 1.807) is 22.2 Å². The molecule has 0 atom stereocenters. The Kier molecular flexibility index (Phi) is 2.82. The molecule has 0 radical (unpaired) electrons. The molecule has 1 saturated heterocycles. The molecular weight excluding hydrogens is 270 g/mol. The lowest BCUT2D eigenvalue weighted by molar-refractivity contribution is 0.265. The van der Waals surface area contributed by atoms with Crippen molar-refractivity contribution in [2.75, 3.05) is 13.1 Å². The SMILES string of the molecule is O=c1c2sc3ccccc3c2ncn1CN1CCCC1. The first-order chi connectivity index (χ1) is 9.83. The van der Waals surface area contributed by atoms with E-state index in [9.17, 15) is 4.79 Å². The fraction of sp³-hybridized carbons (Fsp3) is 0.333. The third-order valence-corrected chi connectivity index (χ3v) is 5.05. The van der Waals surface area contributed by atoms with Crippen LogP contribution in [-0.2, 0) is 6.67 Å². The Morgan fingerprint density at radius 2 is 2.00 bits per heavy atom.